The van der Waals surface area contributed by atoms with Gasteiger partial charge in [0.05, 0.1) is 25.7 Å². The van der Waals surface area contributed by atoms with Crippen molar-refractivity contribution in [3.8, 4) is 11.5 Å². The number of carbonyl (C=O) groups excluding carboxylic acids is 2. The third kappa shape index (κ3) is 5.59. The van der Waals surface area contributed by atoms with Crippen LogP contribution < -0.4 is 20.1 Å². The highest BCUT2D eigenvalue weighted by Crippen LogP contribution is 2.31. The van der Waals surface area contributed by atoms with Gasteiger partial charge in [0.2, 0.25) is 11.9 Å². The average molecular weight is 409 g/mol. The highest BCUT2D eigenvalue weighted by molar-refractivity contribution is 6.10. The molecule has 2 amide bonds. The molecular weight excluding hydrogens is 382 g/mol. The molecule has 0 radical (unpaired) electrons. The number of rotatable bonds is 8. The van der Waals surface area contributed by atoms with E-state index >= 15 is 0 Å². The minimum absolute atomic E-state index is 0.135. The molecule has 1 aliphatic rings. The van der Waals surface area contributed by atoms with Crippen molar-refractivity contribution >= 4 is 17.8 Å². The second kappa shape index (κ2) is 10.4. The summed E-state index contributed by atoms with van der Waals surface area (Å²) in [6, 6.07) is 13.9. The third-order valence-corrected chi connectivity index (χ3v) is 4.61. The Bertz CT molecular complexity index is 909. The largest absolute Gasteiger partial charge is 0.494 e. The Kier molecular flexibility index (Phi) is 7.43. The molecule has 2 N–H and O–H groups in total. The Morgan fingerprint density at radius 2 is 1.90 bits per heavy atom. The number of unbranched alkanes of at least 4 members (excludes halogenated alkanes) is 1. The van der Waals surface area contributed by atoms with Gasteiger partial charge in [0.15, 0.2) is 0 Å². The standard InChI is InChI=1S/C23H27N3O4/c1-3-5-14-30-17-12-10-16(11-13-17)22(28)26-23-24-19(15-21(27)25-23)18-8-6-7-9-20(18)29-4-2/h6-13,19H,3-5,14-15H2,1-2H3,(H2,24,25,26,27,28)/t19-/m1/s1. The zero-order chi connectivity index (χ0) is 21.3. The lowest BCUT2D eigenvalue weighted by Crippen LogP contribution is -2.47. The zero-order valence-corrected chi connectivity index (χ0v) is 17.3. The van der Waals surface area contributed by atoms with Gasteiger partial charge in [-0.2, -0.15) is 0 Å². The van der Waals surface area contributed by atoms with Crippen molar-refractivity contribution in [3.05, 3.63) is 59.7 Å². The fourth-order valence-electron chi connectivity index (χ4n) is 3.09. The SMILES string of the molecule is CCCCOc1ccc(C(=O)NC2=N[C@@H](c3ccccc3OCC)CC(=O)N2)cc1. The number of amides is 2. The first-order valence-electron chi connectivity index (χ1n) is 10.2. The Labute approximate surface area is 176 Å². The van der Waals surface area contributed by atoms with Crippen LogP contribution in [0.1, 0.15) is 55.1 Å². The Morgan fingerprint density at radius 3 is 2.63 bits per heavy atom. The summed E-state index contributed by atoms with van der Waals surface area (Å²) >= 11 is 0. The van der Waals surface area contributed by atoms with E-state index in [0.717, 1.165) is 24.2 Å². The highest BCUT2D eigenvalue weighted by Gasteiger charge is 2.26. The minimum atomic E-state index is -0.425. The molecule has 0 spiro atoms. The van der Waals surface area contributed by atoms with E-state index in [2.05, 4.69) is 22.5 Å². The number of aliphatic imine (C=N–C) groups is 1. The lowest BCUT2D eigenvalue weighted by atomic mass is 10.0. The molecule has 2 aromatic carbocycles. The van der Waals surface area contributed by atoms with Gasteiger partial charge in [0, 0.05) is 11.1 Å². The summed E-state index contributed by atoms with van der Waals surface area (Å²) in [5, 5.41) is 5.31. The molecule has 0 bridgehead atoms. The van der Waals surface area contributed by atoms with Crippen LogP contribution in [0.25, 0.3) is 0 Å². The molecule has 1 atom stereocenters. The molecule has 0 unspecified atom stereocenters. The van der Waals surface area contributed by atoms with E-state index in [1.807, 2.05) is 31.2 Å². The average Bonchev–Trinajstić information content (AvgIpc) is 2.74. The number of benzene rings is 2. The van der Waals surface area contributed by atoms with E-state index in [1.54, 1.807) is 24.3 Å². The summed E-state index contributed by atoms with van der Waals surface area (Å²) < 4.78 is 11.3. The van der Waals surface area contributed by atoms with Crippen LogP contribution in [0.3, 0.4) is 0 Å². The van der Waals surface area contributed by atoms with Crippen molar-refractivity contribution in [1.82, 2.24) is 10.6 Å². The topological polar surface area (TPSA) is 89.0 Å². The molecule has 2 aromatic rings. The monoisotopic (exact) mass is 409 g/mol. The van der Waals surface area contributed by atoms with Gasteiger partial charge < -0.3 is 9.47 Å². The molecule has 0 aliphatic carbocycles. The second-order valence-corrected chi connectivity index (χ2v) is 6.90. The fourth-order valence-corrected chi connectivity index (χ4v) is 3.09. The lowest BCUT2D eigenvalue weighted by Gasteiger charge is -2.23. The number of nitrogens with zero attached hydrogens (tertiary/aromatic N) is 1. The van der Waals surface area contributed by atoms with Crippen molar-refractivity contribution in [2.45, 2.75) is 39.2 Å². The number of hydrogen-bond acceptors (Lipinski definition) is 5. The van der Waals surface area contributed by atoms with Gasteiger partial charge in [-0.25, -0.2) is 4.99 Å². The van der Waals surface area contributed by atoms with Crippen molar-refractivity contribution in [2.75, 3.05) is 13.2 Å². The molecule has 0 aromatic heterocycles. The molecule has 30 heavy (non-hydrogen) atoms. The summed E-state index contributed by atoms with van der Waals surface area (Å²) in [5.41, 5.74) is 1.26. The van der Waals surface area contributed by atoms with Gasteiger partial charge in [-0.3, -0.25) is 20.2 Å². The van der Waals surface area contributed by atoms with Crippen LogP contribution in [-0.2, 0) is 4.79 Å². The third-order valence-electron chi connectivity index (χ3n) is 4.61. The second-order valence-electron chi connectivity index (χ2n) is 6.90. The van der Waals surface area contributed by atoms with Crippen molar-refractivity contribution in [1.29, 1.82) is 0 Å². The molecule has 0 saturated heterocycles. The number of ether oxygens (including phenoxy) is 2. The normalized spacial score (nSPS) is 15.7. The molecule has 3 rings (SSSR count). The van der Waals surface area contributed by atoms with Crippen LogP contribution in [-0.4, -0.2) is 31.0 Å². The van der Waals surface area contributed by atoms with Gasteiger partial charge in [0.1, 0.15) is 11.5 Å². The van der Waals surface area contributed by atoms with E-state index < -0.39 is 6.04 Å². The quantitative estimate of drug-likeness (QED) is 0.652. The summed E-state index contributed by atoms with van der Waals surface area (Å²) in [6.07, 6.45) is 2.23. The van der Waals surface area contributed by atoms with E-state index in [0.29, 0.717) is 24.5 Å². The van der Waals surface area contributed by atoms with Crippen molar-refractivity contribution in [3.63, 3.8) is 0 Å². The van der Waals surface area contributed by atoms with Crippen molar-refractivity contribution in [2.24, 2.45) is 4.99 Å². The van der Waals surface area contributed by atoms with E-state index in [-0.39, 0.29) is 24.2 Å². The number of para-hydroxylation sites is 1. The zero-order valence-electron chi connectivity index (χ0n) is 17.3. The maximum absolute atomic E-state index is 12.6. The molecule has 1 heterocycles. The summed E-state index contributed by atoms with van der Waals surface area (Å²) in [6.45, 7) is 5.17. The molecule has 0 fully saturated rings. The fraction of sp³-hybridized carbons (Fsp3) is 0.348. The first kappa shape index (κ1) is 21.4. The number of guanidine groups is 1. The summed E-state index contributed by atoms with van der Waals surface area (Å²) in [4.78, 5) is 29.3. The Morgan fingerprint density at radius 1 is 1.13 bits per heavy atom. The lowest BCUT2D eigenvalue weighted by molar-refractivity contribution is -0.120. The van der Waals surface area contributed by atoms with Crippen molar-refractivity contribution < 1.29 is 19.1 Å². The maximum atomic E-state index is 12.6. The van der Waals surface area contributed by atoms with Gasteiger partial charge in [-0.05, 0) is 43.7 Å². The molecule has 158 valence electrons. The van der Waals surface area contributed by atoms with E-state index in [9.17, 15) is 9.59 Å². The van der Waals surface area contributed by atoms with Crippen LogP contribution in [0.15, 0.2) is 53.5 Å². The number of hydrogen-bond donors (Lipinski definition) is 2. The summed E-state index contributed by atoms with van der Waals surface area (Å²) in [7, 11) is 0. The molecular formula is C23H27N3O4. The number of nitrogens with one attached hydrogen (secondary N) is 2. The van der Waals surface area contributed by atoms with Crippen LogP contribution >= 0.6 is 0 Å². The van der Waals surface area contributed by atoms with Gasteiger partial charge in [0.25, 0.3) is 5.91 Å². The predicted octanol–water partition coefficient (Wildman–Crippen LogP) is 3.61. The highest BCUT2D eigenvalue weighted by atomic mass is 16.5. The Balaban J connectivity index is 1.70. The molecule has 7 heteroatoms. The van der Waals surface area contributed by atoms with Crippen LogP contribution in [0.2, 0.25) is 0 Å². The van der Waals surface area contributed by atoms with Gasteiger partial charge in [-0.15, -0.1) is 0 Å². The van der Waals surface area contributed by atoms with Gasteiger partial charge in [-0.1, -0.05) is 31.5 Å². The Hall–Kier alpha value is -3.35. The predicted molar refractivity (Wildman–Crippen MR) is 115 cm³/mol. The van der Waals surface area contributed by atoms with Crippen LogP contribution in [0, 0.1) is 0 Å². The molecule has 0 saturated carbocycles. The van der Waals surface area contributed by atoms with Gasteiger partial charge >= 0.3 is 0 Å². The van der Waals surface area contributed by atoms with Crippen LogP contribution in [0.4, 0.5) is 0 Å². The first-order chi connectivity index (χ1) is 14.6. The first-order valence-corrected chi connectivity index (χ1v) is 10.2. The summed E-state index contributed by atoms with van der Waals surface area (Å²) in [5.74, 6) is 0.976. The number of carbonyl (C=O) groups is 2. The maximum Gasteiger partial charge on any atom is 0.257 e. The minimum Gasteiger partial charge on any atom is -0.494 e. The molecule has 1 aliphatic heterocycles. The van der Waals surface area contributed by atoms with E-state index in [4.69, 9.17) is 9.47 Å². The smallest absolute Gasteiger partial charge is 0.257 e. The van der Waals surface area contributed by atoms with E-state index in [1.165, 1.54) is 0 Å². The van der Waals surface area contributed by atoms with Crippen LogP contribution in [0.5, 0.6) is 11.5 Å². The molecule has 7 nitrogen and oxygen atoms in total.